The van der Waals surface area contributed by atoms with Crippen molar-refractivity contribution >= 4 is 6.29 Å². The number of carbonyl (C=O) groups excluding carboxylic acids is 1. The van der Waals surface area contributed by atoms with Crippen molar-refractivity contribution in [1.82, 2.24) is 20.2 Å². The maximum Gasteiger partial charge on any atom is 0.194 e. The highest BCUT2D eigenvalue weighted by Crippen LogP contribution is 2.28. The number of aldehydes is 1. The number of aryl methyl sites for hydroxylation is 1. The van der Waals surface area contributed by atoms with Crippen LogP contribution in [-0.2, 0) is 6.61 Å². The summed E-state index contributed by atoms with van der Waals surface area (Å²) >= 11 is 0. The van der Waals surface area contributed by atoms with E-state index >= 15 is 0 Å². The van der Waals surface area contributed by atoms with E-state index in [1.165, 1.54) is 7.11 Å². The fourth-order valence-electron chi connectivity index (χ4n) is 2.20. The van der Waals surface area contributed by atoms with Crippen LogP contribution in [0.4, 0.5) is 0 Å². The lowest BCUT2D eigenvalue weighted by atomic mass is 10.2. The standard InChI is InChI=1S/C17H16N4O3/c1-12-3-6-14(7-4-12)21-17(18-19-20-21)11-24-15-8-5-13(10-22)9-16(15)23-2/h3-10H,11H2,1-2H3. The topological polar surface area (TPSA) is 79.1 Å². The number of aromatic nitrogens is 4. The van der Waals surface area contributed by atoms with Crippen molar-refractivity contribution in [2.75, 3.05) is 7.11 Å². The minimum absolute atomic E-state index is 0.164. The van der Waals surface area contributed by atoms with Gasteiger partial charge in [0.15, 0.2) is 23.9 Å². The van der Waals surface area contributed by atoms with Crippen molar-refractivity contribution in [1.29, 1.82) is 0 Å². The fourth-order valence-corrected chi connectivity index (χ4v) is 2.20. The summed E-state index contributed by atoms with van der Waals surface area (Å²) in [6.45, 7) is 2.18. The van der Waals surface area contributed by atoms with Crippen LogP contribution in [0.5, 0.6) is 11.5 Å². The molecule has 0 saturated carbocycles. The van der Waals surface area contributed by atoms with Gasteiger partial charge in [-0.05, 0) is 47.7 Å². The van der Waals surface area contributed by atoms with Gasteiger partial charge in [0.25, 0.3) is 0 Å². The molecule has 3 rings (SSSR count). The first kappa shape index (κ1) is 15.7. The Hall–Kier alpha value is -3.22. The highest BCUT2D eigenvalue weighted by molar-refractivity contribution is 5.76. The molecule has 2 aromatic carbocycles. The molecular weight excluding hydrogens is 308 g/mol. The van der Waals surface area contributed by atoms with E-state index in [2.05, 4.69) is 15.5 Å². The van der Waals surface area contributed by atoms with Crippen LogP contribution >= 0.6 is 0 Å². The van der Waals surface area contributed by atoms with Crippen LogP contribution in [0.2, 0.25) is 0 Å². The van der Waals surface area contributed by atoms with Crippen molar-refractivity contribution in [2.45, 2.75) is 13.5 Å². The van der Waals surface area contributed by atoms with Gasteiger partial charge in [-0.2, -0.15) is 4.68 Å². The number of methoxy groups -OCH3 is 1. The molecule has 3 aromatic rings. The molecule has 0 amide bonds. The summed E-state index contributed by atoms with van der Waals surface area (Å²) in [6.07, 6.45) is 0.754. The Labute approximate surface area is 138 Å². The minimum atomic E-state index is 0.164. The Bertz CT molecular complexity index is 843. The average Bonchev–Trinajstić information content (AvgIpc) is 3.09. The molecule has 0 radical (unpaired) electrons. The van der Waals surface area contributed by atoms with Crippen molar-refractivity contribution in [3.8, 4) is 17.2 Å². The number of ether oxygens (including phenoxy) is 2. The van der Waals surface area contributed by atoms with Gasteiger partial charge in [0.2, 0.25) is 0 Å². The highest BCUT2D eigenvalue weighted by Gasteiger charge is 2.11. The van der Waals surface area contributed by atoms with Crippen LogP contribution in [-0.4, -0.2) is 33.6 Å². The third kappa shape index (κ3) is 3.24. The molecule has 0 atom stereocenters. The van der Waals surface area contributed by atoms with Gasteiger partial charge in [-0.1, -0.05) is 17.7 Å². The van der Waals surface area contributed by atoms with E-state index in [1.807, 2.05) is 31.2 Å². The van der Waals surface area contributed by atoms with E-state index in [0.717, 1.165) is 17.5 Å². The first-order valence-electron chi connectivity index (χ1n) is 7.31. The third-order valence-corrected chi connectivity index (χ3v) is 3.49. The smallest absolute Gasteiger partial charge is 0.194 e. The van der Waals surface area contributed by atoms with Gasteiger partial charge in [0.1, 0.15) is 6.29 Å². The first-order valence-corrected chi connectivity index (χ1v) is 7.31. The Morgan fingerprint density at radius 1 is 1.12 bits per heavy atom. The Kier molecular flexibility index (Phi) is 4.51. The van der Waals surface area contributed by atoms with E-state index in [4.69, 9.17) is 9.47 Å². The molecule has 0 unspecified atom stereocenters. The number of rotatable bonds is 6. The molecule has 0 saturated heterocycles. The fraction of sp³-hybridized carbons (Fsp3) is 0.176. The summed E-state index contributed by atoms with van der Waals surface area (Å²) in [7, 11) is 1.52. The maximum atomic E-state index is 10.8. The zero-order valence-corrected chi connectivity index (χ0v) is 13.3. The van der Waals surface area contributed by atoms with Gasteiger partial charge in [0, 0.05) is 5.56 Å². The molecule has 7 heteroatoms. The number of tetrazole rings is 1. The van der Waals surface area contributed by atoms with Gasteiger partial charge < -0.3 is 9.47 Å². The van der Waals surface area contributed by atoms with Crippen LogP contribution in [0, 0.1) is 6.92 Å². The summed E-state index contributed by atoms with van der Waals surface area (Å²) in [5.74, 6) is 1.55. The molecule has 0 aliphatic carbocycles. The molecule has 1 aromatic heterocycles. The average molecular weight is 324 g/mol. The molecule has 1 heterocycles. The van der Waals surface area contributed by atoms with Crippen molar-refractivity contribution in [3.05, 3.63) is 59.4 Å². The SMILES string of the molecule is COc1cc(C=O)ccc1OCc1nnnn1-c1ccc(C)cc1. The van der Waals surface area contributed by atoms with Crippen molar-refractivity contribution < 1.29 is 14.3 Å². The molecule has 0 bridgehead atoms. The van der Waals surface area contributed by atoms with Gasteiger partial charge in [0.05, 0.1) is 12.8 Å². The number of carbonyl (C=O) groups is 1. The Morgan fingerprint density at radius 3 is 2.62 bits per heavy atom. The summed E-state index contributed by atoms with van der Waals surface area (Å²) in [4.78, 5) is 10.8. The van der Waals surface area contributed by atoms with E-state index in [0.29, 0.717) is 22.9 Å². The molecule has 0 N–H and O–H groups in total. The van der Waals surface area contributed by atoms with Gasteiger partial charge >= 0.3 is 0 Å². The van der Waals surface area contributed by atoms with Crippen LogP contribution in [0.1, 0.15) is 21.7 Å². The lowest BCUT2D eigenvalue weighted by Crippen LogP contribution is -2.07. The summed E-state index contributed by atoms with van der Waals surface area (Å²) in [6, 6.07) is 12.8. The molecule has 0 aliphatic heterocycles. The van der Waals surface area contributed by atoms with E-state index in [1.54, 1.807) is 22.9 Å². The summed E-state index contributed by atoms with van der Waals surface area (Å²) in [5.41, 5.74) is 2.53. The monoisotopic (exact) mass is 324 g/mol. The lowest BCUT2D eigenvalue weighted by molar-refractivity contribution is 0.112. The van der Waals surface area contributed by atoms with Gasteiger partial charge in [-0.25, -0.2) is 0 Å². The molecule has 7 nitrogen and oxygen atoms in total. The predicted octanol–water partition coefficient (Wildman–Crippen LogP) is 2.37. The van der Waals surface area contributed by atoms with E-state index < -0.39 is 0 Å². The zero-order chi connectivity index (χ0) is 16.9. The third-order valence-electron chi connectivity index (χ3n) is 3.49. The molecule has 0 fully saturated rings. The van der Waals surface area contributed by atoms with E-state index in [9.17, 15) is 4.79 Å². The van der Waals surface area contributed by atoms with Gasteiger partial charge in [-0.3, -0.25) is 4.79 Å². The van der Waals surface area contributed by atoms with Gasteiger partial charge in [-0.15, -0.1) is 5.10 Å². The van der Waals surface area contributed by atoms with Crippen LogP contribution in [0.25, 0.3) is 5.69 Å². The normalized spacial score (nSPS) is 10.4. The number of hydrogen-bond donors (Lipinski definition) is 0. The predicted molar refractivity (Wildman–Crippen MR) is 86.6 cm³/mol. The number of hydrogen-bond acceptors (Lipinski definition) is 6. The number of benzene rings is 2. The zero-order valence-electron chi connectivity index (χ0n) is 13.3. The van der Waals surface area contributed by atoms with Crippen molar-refractivity contribution in [2.24, 2.45) is 0 Å². The molecular formula is C17H16N4O3. The molecule has 0 spiro atoms. The Morgan fingerprint density at radius 2 is 1.92 bits per heavy atom. The quantitative estimate of drug-likeness (QED) is 0.648. The van der Waals surface area contributed by atoms with Crippen LogP contribution < -0.4 is 9.47 Å². The second-order valence-corrected chi connectivity index (χ2v) is 5.16. The Balaban J connectivity index is 1.80. The van der Waals surface area contributed by atoms with Crippen molar-refractivity contribution in [3.63, 3.8) is 0 Å². The maximum absolute atomic E-state index is 10.8. The number of nitrogens with zero attached hydrogens (tertiary/aromatic N) is 4. The minimum Gasteiger partial charge on any atom is -0.493 e. The second kappa shape index (κ2) is 6.91. The van der Waals surface area contributed by atoms with Crippen LogP contribution in [0.15, 0.2) is 42.5 Å². The summed E-state index contributed by atoms with van der Waals surface area (Å²) < 4.78 is 12.6. The molecule has 122 valence electrons. The summed E-state index contributed by atoms with van der Waals surface area (Å²) in [5, 5.41) is 11.7. The lowest BCUT2D eigenvalue weighted by Gasteiger charge is -2.11. The highest BCUT2D eigenvalue weighted by atomic mass is 16.5. The first-order chi connectivity index (χ1) is 11.7. The molecule has 0 aliphatic rings. The second-order valence-electron chi connectivity index (χ2n) is 5.16. The van der Waals surface area contributed by atoms with E-state index in [-0.39, 0.29) is 6.61 Å². The van der Waals surface area contributed by atoms with Crippen LogP contribution in [0.3, 0.4) is 0 Å². The molecule has 24 heavy (non-hydrogen) atoms. The largest absolute Gasteiger partial charge is 0.493 e.